The first-order valence-electron chi connectivity index (χ1n) is 7.05. The molecule has 0 atom stereocenters. The molecule has 0 saturated heterocycles. The second-order valence-corrected chi connectivity index (χ2v) is 6.34. The number of H-pyrrole nitrogens is 1. The Morgan fingerprint density at radius 2 is 2.00 bits per heavy atom. The van der Waals surface area contributed by atoms with Crippen LogP contribution in [0.2, 0.25) is 0 Å². The van der Waals surface area contributed by atoms with Crippen LogP contribution in [0.25, 0.3) is 22.2 Å². The molecule has 0 aliphatic heterocycles. The highest BCUT2D eigenvalue weighted by atomic mass is 16.1. The molecule has 22 heavy (non-hydrogen) atoms. The van der Waals surface area contributed by atoms with E-state index < -0.39 is 5.91 Å². The minimum absolute atomic E-state index is 0.265. The van der Waals surface area contributed by atoms with Crippen molar-refractivity contribution >= 4 is 22.6 Å². The number of nitrogen functional groups attached to an aromatic ring is 1. The standard InChI is InChI=1S/C16H19N5O/c1-16(2,3)21-14(17)12(15(18)22)13(20-21)10-5-4-9-6-7-19-11(9)8-10/h4-8,19H,17H2,1-3H3,(H2,18,22). The second-order valence-electron chi connectivity index (χ2n) is 6.34. The molecule has 3 aromatic rings. The summed E-state index contributed by atoms with van der Waals surface area (Å²) in [6, 6.07) is 7.81. The first-order chi connectivity index (χ1) is 10.3. The summed E-state index contributed by atoms with van der Waals surface area (Å²) in [4.78, 5) is 15.0. The van der Waals surface area contributed by atoms with Crippen LogP contribution in [0.3, 0.4) is 0 Å². The van der Waals surface area contributed by atoms with E-state index in [0.29, 0.717) is 11.5 Å². The summed E-state index contributed by atoms with van der Waals surface area (Å²) in [6.45, 7) is 5.91. The molecule has 0 radical (unpaired) electrons. The maximum Gasteiger partial charge on any atom is 0.254 e. The number of nitrogens with two attached hydrogens (primary N) is 2. The van der Waals surface area contributed by atoms with Gasteiger partial charge in [0.05, 0.1) is 5.54 Å². The number of amides is 1. The quantitative estimate of drug-likeness (QED) is 0.677. The Kier molecular flexibility index (Phi) is 2.98. The van der Waals surface area contributed by atoms with Crippen LogP contribution < -0.4 is 11.5 Å². The number of primary amides is 1. The van der Waals surface area contributed by atoms with E-state index in [0.717, 1.165) is 16.5 Å². The van der Waals surface area contributed by atoms with Crippen molar-refractivity contribution in [3.63, 3.8) is 0 Å². The van der Waals surface area contributed by atoms with E-state index in [4.69, 9.17) is 11.5 Å². The molecule has 5 N–H and O–H groups in total. The summed E-state index contributed by atoms with van der Waals surface area (Å²) in [6.07, 6.45) is 1.87. The lowest BCUT2D eigenvalue weighted by molar-refractivity contribution is 0.100. The van der Waals surface area contributed by atoms with E-state index in [9.17, 15) is 4.79 Å². The molecule has 6 nitrogen and oxygen atoms in total. The number of aromatic nitrogens is 3. The van der Waals surface area contributed by atoms with Crippen LogP contribution in [-0.2, 0) is 5.54 Å². The monoisotopic (exact) mass is 297 g/mol. The number of rotatable bonds is 2. The van der Waals surface area contributed by atoms with Gasteiger partial charge in [0.1, 0.15) is 17.1 Å². The fourth-order valence-corrected chi connectivity index (χ4v) is 2.58. The second kappa shape index (κ2) is 4.62. The maximum atomic E-state index is 11.9. The average Bonchev–Trinajstić information content (AvgIpc) is 3.00. The van der Waals surface area contributed by atoms with Gasteiger partial charge in [-0.05, 0) is 38.3 Å². The van der Waals surface area contributed by atoms with Crippen molar-refractivity contribution in [2.24, 2.45) is 5.73 Å². The Balaban J connectivity index is 2.27. The molecule has 1 amide bonds. The van der Waals surface area contributed by atoms with Crippen molar-refractivity contribution < 1.29 is 4.79 Å². The molecule has 3 rings (SSSR count). The number of anilines is 1. The van der Waals surface area contributed by atoms with Gasteiger partial charge >= 0.3 is 0 Å². The molecule has 0 saturated carbocycles. The van der Waals surface area contributed by atoms with Crippen molar-refractivity contribution in [2.45, 2.75) is 26.3 Å². The lowest BCUT2D eigenvalue weighted by atomic mass is 10.1. The van der Waals surface area contributed by atoms with Crippen LogP contribution in [0, 0.1) is 0 Å². The summed E-state index contributed by atoms with van der Waals surface area (Å²) in [7, 11) is 0. The van der Waals surface area contributed by atoms with Gasteiger partial charge in [0, 0.05) is 17.3 Å². The van der Waals surface area contributed by atoms with Gasteiger partial charge in [-0.1, -0.05) is 12.1 Å². The number of carbonyl (C=O) groups is 1. The maximum absolute atomic E-state index is 11.9. The van der Waals surface area contributed by atoms with E-state index in [1.807, 2.05) is 51.2 Å². The highest BCUT2D eigenvalue weighted by molar-refractivity contribution is 6.04. The van der Waals surface area contributed by atoms with E-state index in [2.05, 4.69) is 10.1 Å². The Morgan fingerprint density at radius 3 is 2.64 bits per heavy atom. The number of nitrogens with one attached hydrogen (secondary N) is 1. The number of hydrogen-bond donors (Lipinski definition) is 3. The average molecular weight is 297 g/mol. The number of hydrogen-bond acceptors (Lipinski definition) is 3. The van der Waals surface area contributed by atoms with Crippen LogP contribution in [-0.4, -0.2) is 20.7 Å². The minimum Gasteiger partial charge on any atom is -0.383 e. The van der Waals surface area contributed by atoms with Crippen LogP contribution >= 0.6 is 0 Å². The van der Waals surface area contributed by atoms with Crippen LogP contribution in [0.4, 0.5) is 5.82 Å². The molecule has 6 heteroatoms. The van der Waals surface area contributed by atoms with Crippen molar-refractivity contribution in [2.75, 3.05) is 5.73 Å². The molecular formula is C16H19N5O. The minimum atomic E-state index is -0.574. The molecule has 1 aromatic carbocycles. The summed E-state index contributed by atoms with van der Waals surface area (Å²) in [5.74, 6) is -0.281. The molecule has 0 fully saturated rings. The van der Waals surface area contributed by atoms with E-state index in [1.54, 1.807) is 4.68 Å². The summed E-state index contributed by atoms with van der Waals surface area (Å²) in [5, 5.41) is 5.63. The zero-order chi connectivity index (χ0) is 16.1. The third-order valence-corrected chi connectivity index (χ3v) is 3.63. The van der Waals surface area contributed by atoms with Gasteiger partial charge in [-0.25, -0.2) is 4.68 Å². The normalized spacial score (nSPS) is 12.0. The van der Waals surface area contributed by atoms with Gasteiger partial charge in [0.25, 0.3) is 5.91 Å². The van der Waals surface area contributed by atoms with Crippen molar-refractivity contribution in [1.29, 1.82) is 0 Å². The number of carbonyl (C=O) groups excluding carboxylic acids is 1. The summed E-state index contributed by atoms with van der Waals surface area (Å²) < 4.78 is 1.64. The van der Waals surface area contributed by atoms with Crippen molar-refractivity contribution in [3.05, 3.63) is 36.0 Å². The van der Waals surface area contributed by atoms with Gasteiger partial charge in [-0.15, -0.1) is 0 Å². The number of benzene rings is 1. The first-order valence-corrected chi connectivity index (χ1v) is 7.05. The Bertz CT molecular complexity index is 866. The zero-order valence-electron chi connectivity index (χ0n) is 12.8. The molecule has 0 aliphatic rings. The van der Waals surface area contributed by atoms with Gasteiger partial charge < -0.3 is 16.5 Å². The first kappa shape index (κ1) is 14.2. The number of nitrogens with zero attached hydrogens (tertiary/aromatic N) is 2. The zero-order valence-corrected chi connectivity index (χ0v) is 12.8. The van der Waals surface area contributed by atoms with Crippen LogP contribution in [0.1, 0.15) is 31.1 Å². The smallest absolute Gasteiger partial charge is 0.254 e. The number of fused-ring (bicyclic) bond motifs is 1. The molecule has 0 aliphatic carbocycles. The molecule has 2 aromatic heterocycles. The Hall–Kier alpha value is -2.76. The Morgan fingerprint density at radius 1 is 1.27 bits per heavy atom. The lowest BCUT2D eigenvalue weighted by Gasteiger charge is -2.20. The van der Waals surface area contributed by atoms with E-state index >= 15 is 0 Å². The predicted molar refractivity (Wildman–Crippen MR) is 87.4 cm³/mol. The predicted octanol–water partition coefficient (Wildman–Crippen LogP) is 2.47. The fourth-order valence-electron chi connectivity index (χ4n) is 2.58. The van der Waals surface area contributed by atoms with Crippen LogP contribution in [0.5, 0.6) is 0 Å². The molecule has 0 spiro atoms. The van der Waals surface area contributed by atoms with Gasteiger partial charge in [-0.3, -0.25) is 4.79 Å². The van der Waals surface area contributed by atoms with Gasteiger partial charge in [0.2, 0.25) is 0 Å². The highest BCUT2D eigenvalue weighted by Gasteiger charge is 2.26. The highest BCUT2D eigenvalue weighted by Crippen LogP contribution is 2.32. The molecule has 0 bridgehead atoms. The SMILES string of the molecule is CC(C)(C)n1nc(-c2ccc3cc[nH]c3c2)c(C(N)=O)c1N. The lowest BCUT2D eigenvalue weighted by Crippen LogP contribution is -2.25. The van der Waals surface area contributed by atoms with E-state index in [1.165, 1.54) is 0 Å². The Labute approximate surface area is 128 Å². The van der Waals surface area contributed by atoms with Gasteiger partial charge in [-0.2, -0.15) is 5.10 Å². The third-order valence-electron chi connectivity index (χ3n) is 3.63. The van der Waals surface area contributed by atoms with Crippen molar-refractivity contribution in [1.82, 2.24) is 14.8 Å². The van der Waals surface area contributed by atoms with E-state index in [-0.39, 0.29) is 11.1 Å². The third kappa shape index (κ3) is 2.13. The largest absolute Gasteiger partial charge is 0.383 e. The van der Waals surface area contributed by atoms with Crippen molar-refractivity contribution in [3.8, 4) is 11.3 Å². The topological polar surface area (TPSA) is 103 Å². The molecule has 114 valence electrons. The summed E-state index contributed by atoms with van der Waals surface area (Å²) in [5.41, 5.74) is 13.8. The van der Waals surface area contributed by atoms with Crippen LogP contribution in [0.15, 0.2) is 30.5 Å². The molecule has 2 heterocycles. The molecule has 0 unspecified atom stereocenters. The van der Waals surface area contributed by atoms with Gasteiger partial charge in [0.15, 0.2) is 0 Å². The molecular weight excluding hydrogens is 278 g/mol. The fraction of sp³-hybridized carbons (Fsp3) is 0.250. The number of aromatic amines is 1. The summed E-state index contributed by atoms with van der Waals surface area (Å²) >= 11 is 0.